The van der Waals surface area contributed by atoms with E-state index in [0.29, 0.717) is 5.75 Å². The molecule has 0 amide bonds. The molecule has 96 valence electrons. The van der Waals surface area contributed by atoms with Crippen LogP contribution >= 0.6 is 0 Å². The van der Waals surface area contributed by atoms with Crippen molar-refractivity contribution in [3.05, 3.63) is 47.5 Å². The normalized spacial score (nSPS) is 11.1. The molecule has 19 heavy (non-hydrogen) atoms. The molecule has 0 spiro atoms. The van der Waals surface area contributed by atoms with E-state index in [-0.39, 0.29) is 0 Å². The number of imidazole rings is 1. The lowest BCUT2D eigenvalue weighted by atomic mass is 10.1. The lowest BCUT2D eigenvalue weighted by molar-refractivity contribution is 0.471. The number of benzene rings is 2. The zero-order valence-corrected chi connectivity index (χ0v) is 11.1. The number of fused-ring (bicyclic) bond motifs is 1. The van der Waals surface area contributed by atoms with E-state index in [4.69, 9.17) is 0 Å². The average molecular weight is 252 g/mol. The summed E-state index contributed by atoms with van der Waals surface area (Å²) in [7, 11) is 0. The van der Waals surface area contributed by atoms with Gasteiger partial charge in [-0.05, 0) is 37.1 Å². The second-order valence-electron chi connectivity index (χ2n) is 4.74. The van der Waals surface area contributed by atoms with Crippen molar-refractivity contribution >= 4 is 11.0 Å². The standard InChI is InChI=1S/C16H16N2O/c1-3-11-7-8-13-14(9-11)18-16(17-13)12-5-4-6-15(19)10(12)2/h4-9,19H,3H2,1-2H3,(H,17,18). The van der Waals surface area contributed by atoms with Crippen LogP contribution in [0.15, 0.2) is 36.4 Å². The molecule has 3 rings (SSSR count). The molecule has 0 atom stereocenters. The number of hydrogen-bond donors (Lipinski definition) is 2. The second kappa shape index (κ2) is 4.43. The number of aromatic hydroxyl groups is 1. The number of phenolic OH excluding ortho intramolecular Hbond substituents is 1. The van der Waals surface area contributed by atoms with Crippen LogP contribution in [0.4, 0.5) is 0 Å². The van der Waals surface area contributed by atoms with Crippen LogP contribution < -0.4 is 0 Å². The van der Waals surface area contributed by atoms with Gasteiger partial charge in [0.05, 0.1) is 11.0 Å². The van der Waals surface area contributed by atoms with E-state index < -0.39 is 0 Å². The van der Waals surface area contributed by atoms with Crippen molar-refractivity contribution in [2.24, 2.45) is 0 Å². The van der Waals surface area contributed by atoms with Crippen LogP contribution in [0.1, 0.15) is 18.1 Å². The Hall–Kier alpha value is -2.29. The molecule has 0 radical (unpaired) electrons. The highest BCUT2D eigenvalue weighted by atomic mass is 16.3. The van der Waals surface area contributed by atoms with Crippen molar-refractivity contribution in [1.29, 1.82) is 0 Å². The van der Waals surface area contributed by atoms with Crippen molar-refractivity contribution in [2.75, 3.05) is 0 Å². The monoisotopic (exact) mass is 252 g/mol. The third-order valence-corrected chi connectivity index (χ3v) is 3.51. The lowest BCUT2D eigenvalue weighted by Gasteiger charge is -2.03. The Labute approximate surface area is 111 Å². The Balaban J connectivity index is 2.18. The molecular weight excluding hydrogens is 236 g/mol. The molecule has 1 heterocycles. The first kappa shape index (κ1) is 11.8. The first-order chi connectivity index (χ1) is 9.19. The lowest BCUT2D eigenvalue weighted by Crippen LogP contribution is -1.85. The van der Waals surface area contributed by atoms with E-state index in [2.05, 4.69) is 29.0 Å². The minimum absolute atomic E-state index is 0.298. The Kier molecular flexibility index (Phi) is 2.75. The first-order valence-corrected chi connectivity index (χ1v) is 6.46. The van der Waals surface area contributed by atoms with Crippen LogP contribution in [0.25, 0.3) is 22.4 Å². The minimum atomic E-state index is 0.298. The van der Waals surface area contributed by atoms with Gasteiger partial charge in [0, 0.05) is 11.1 Å². The summed E-state index contributed by atoms with van der Waals surface area (Å²) >= 11 is 0. The summed E-state index contributed by atoms with van der Waals surface area (Å²) in [4.78, 5) is 7.93. The average Bonchev–Trinajstić information content (AvgIpc) is 2.84. The maximum atomic E-state index is 9.78. The van der Waals surface area contributed by atoms with Gasteiger partial charge in [0.1, 0.15) is 11.6 Å². The molecule has 0 aliphatic carbocycles. The number of aromatic nitrogens is 2. The number of hydrogen-bond acceptors (Lipinski definition) is 2. The molecule has 0 fully saturated rings. The van der Waals surface area contributed by atoms with Crippen LogP contribution in [-0.4, -0.2) is 15.1 Å². The predicted octanol–water partition coefficient (Wildman–Crippen LogP) is 3.81. The van der Waals surface area contributed by atoms with E-state index in [1.807, 2.05) is 25.1 Å². The topological polar surface area (TPSA) is 48.9 Å². The molecule has 0 unspecified atom stereocenters. The molecule has 0 saturated heterocycles. The van der Waals surface area contributed by atoms with Crippen LogP contribution in [0.3, 0.4) is 0 Å². The zero-order chi connectivity index (χ0) is 13.4. The van der Waals surface area contributed by atoms with Gasteiger partial charge in [-0.1, -0.05) is 25.1 Å². The van der Waals surface area contributed by atoms with Crippen molar-refractivity contribution in [2.45, 2.75) is 20.3 Å². The van der Waals surface area contributed by atoms with Crippen LogP contribution in [0.2, 0.25) is 0 Å². The van der Waals surface area contributed by atoms with Crippen molar-refractivity contribution in [3.63, 3.8) is 0 Å². The van der Waals surface area contributed by atoms with Gasteiger partial charge < -0.3 is 10.1 Å². The molecule has 1 aromatic heterocycles. The molecule has 2 N–H and O–H groups in total. The van der Waals surface area contributed by atoms with E-state index in [0.717, 1.165) is 34.4 Å². The van der Waals surface area contributed by atoms with Crippen LogP contribution in [0.5, 0.6) is 5.75 Å². The number of aryl methyl sites for hydroxylation is 1. The molecule has 0 bridgehead atoms. The Morgan fingerprint density at radius 3 is 2.84 bits per heavy atom. The van der Waals surface area contributed by atoms with Crippen molar-refractivity contribution in [3.8, 4) is 17.1 Å². The molecule has 3 heteroatoms. The van der Waals surface area contributed by atoms with Gasteiger partial charge in [-0.2, -0.15) is 0 Å². The van der Waals surface area contributed by atoms with E-state index in [1.165, 1.54) is 5.56 Å². The van der Waals surface area contributed by atoms with Gasteiger partial charge in [-0.15, -0.1) is 0 Å². The Morgan fingerprint density at radius 1 is 1.21 bits per heavy atom. The van der Waals surface area contributed by atoms with Gasteiger partial charge in [0.25, 0.3) is 0 Å². The third kappa shape index (κ3) is 1.97. The molecule has 3 aromatic rings. The summed E-state index contributed by atoms with van der Waals surface area (Å²) in [5.74, 6) is 1.10. The summed E-state index contributed by atoms with van der Waals surface area (Å²) in [5, 5.41) is 9.78. The quantitative estimate of drug-likeness (QED) is 0.728. The highest BCUT2D eigenvalue weighted by Crippen LogP contribution is 2.28. The number of rotatable bonds is 2. The van der Waals surface area contributed by atoms with E-state index in [9.17, 15) is 5.11 Å². The van der Waals surface area contributed by atoms with Crippen LogP contribution in [-0.2, 0) is 6.42 Å². The molecule has 3 nitrogen and oxygen atoms in total. The molecule has 0 aliphatic heterocycles. The summed E-state index contributed by atoms with van der Waals surface area (Å²) in [6.07, 6.45) is 1.01. The third-order valence-electron chi connectivity index (χ3n) is 3.51. The summed E-state index contributed by atoms with van der Waals surface area (Å²) < 4.78 is 0. The minimum Gasteiger partial charge on any atom is -0.508 e. The number of H-pyrrole nitrogens is 1. The van der Waals surface area contributed by atoms with E-state index in [1.54, 1.807) is 6.07 Å². The van der Waals surface area contributed by atoms with Gasteiger partial charge in [-0.3, -0.25) is 0 Å². The van der Waals surface area contributed by atoms with Crippen molar-refractivity contribution in [1.82, 2.24) is 9.97 Å². The van der Waals surface area contributed by atoms with Gasteiger partial charge >= 0.3 is 0 Å². The van der Waals surface area contributed by atoms with Crippen LogP contribution in [0, 0.1) is 6.92 Å². The number of nitrogens with one attached hydrogen (secondary N) is 1. The fourth-order valence-electron chi connectivity index (χ4n) is 2.28. The zero-order valence-electron chi connectivity index (χ0n) is 11.1. The second-order valence-corrected chi connectivity index (χ2v) is 4.74. The fourth-order valence-corrected chi connectivity index (χ4v) is 2.28. The summed E-state index contributed by atoms with van der Waals surface area (Å²) in [6, 6.07) is 11.8. The maximum Gasteiger partial charge on any atom is 0.138 e. The summed E-state index contributed by atoms with van der Waals surface area (Å²) in [5.41, 5.74) is 5.06. The fraction of sp³-hybridized carbons (Fsp3) is 0.188. The molecule has 0 aliphatic rings. The van der Waals surface area contributed by atoms with Crippen molar-refractivity contribution < 1.29 is 5.11 Å². The first-order valence-electron chi connectivity index (χ1n) is 6.46. The molecule has 2 aromatic carbocycles. The maximum absolute atomic E-state index is 9.78. The Bertz CT molecular complexity index is 744. The SMILES string of the molecule is CCc1ccc2nc(-c3cccc(O)c3C)[nH]c2c1. The Morgan fingerprint density at radius 2 is 2.05 bits per heavy atom. The molecular formula is C16H16N2O. The highest BCUT2D eigenvalue weighted by Gasteiger charge is 2.10. The predicted molar refractivity (Wildman–Crippen MR) is 77.3 cm³/mol. The van der Waals surface area contributed by atoms with Gasteiger partial charge in [-0.25, -0.2) is 4.98 Å². The largest absolute Gasteiger partial charge is 0.508 e. The highest BCUT2D eigenvalue weighted by molar-refractivity contribution is 5.81. The number of phenols is 1. The number of aromatic amines is 1. The van der Waals surface area contributed by atoms with E-state index >= 15 is 0 Å². The summed E-state index contributed by atoms with van der Waals surface area (Å²) in [6.45, 7) is 4.03. The number of nitrogens with zero attached hydrogens (tertiary/aromatic N) is 1. The molecule has 0 saturated carbocycles. The van der Waals surface area contributed by atoms with Gasteiger partial charge in [0.2, 0.25) is 0 Å². The van der Waals surface area contributed by atoms with Gasteiger partial charge in [0.15, 0.2) is 0 Å². The smallest absolute Gasteiger partial charge is 0.138 e.